The highest BCUT2D eigenvalue weighted by molar-refractivity contribution is 14.0. The summed E-state index contributed by atoms with van der Waals surface area (Å²) in [6, 6.07) is 5.58. The number of rotatable bonds is 6. The Morgan fingerprint density at radius 2 is 2.00 bits per heavy atom. The number of aliphatic imine (C=N–C) groups is 1. The van der Waals surface area contributed by atoms with E-state index in [-0.39, 0.29) is 29.5 Å². The van der Waals surface area contributed by atoms with E-state index >= 15 is 0 Å². The minimum absolute atomic E-state index is 0. The van der Waals surface area contributed by atoms with Crippen LogP contribution in [0.2, 0.25) is 0 Å². The summed E-state index contributed by atoms with van der Waals surface area (Å²) in [6.45, 7) is 9.71. The summed E-state index contributed by atoms with van der Waals surface area (Å²) in [5.74, 6) is 2.50. The van der Waals surface area contributed by atoms with Gasteiger partial charge in [-0.05, 0) is 51.3 Å². The van der Waals surface area contributed by atoms with Crippen molar-refractivity contribution in [3.05, 3.63) is 18.2 Å². The molecule has 1 saturated heterocycles. The lowest BCUT2D eigenvalue weighted by atomic mass is 9.94. The molecule has 7 heteroatoms. The summed E-state index contributed by atoms with van der Waals surface area (Å²) < 4.78 is 10.6. The monoisotopic (exact) mass is 476 g/mol. The quantitative estimate of drug-likeness (QED) is 0.373. The van der Waals surface area contributed by atoms with Crippen LogP contribution in [-0.4, -0.2) is 50.3 Å². The zero-order valence-corrected chi connectivity index (χ0v) is 18.9. The lowest BCUT2D eigenvalue weighted by Crippen LogP contribution is -2.51. The molecule has 1 fully saturated rings. The third-order valence-electron chi connectivity index (χ3n) is 4.81. The Morgan fingerprint density at radius 3 is 2.62 bits per heavy atom. The van der Waals surface area contributed by atoms with Crippen LogP contribution in [0.4, 0.5) is 5.69 Å². The molecular formula is C19H33IN4O2. The van der Waals surface area contributed by atoms with E-state index in [0.29, 0.717) is 24.0 Å². The number of likely N-dealkylation sites (tertiary alicyclic amines) is 1. The number of anilines is 1. The van der Waals surface area contributed by atoms with Gasteiger partial charge in [-0.2, -0.15) is 0 Å². The lowest BCUT2D eigenvalue weighted by Gasteiger charge is -2.42. The van der Waals surface area contributed by atoms with E-state index in [1.807, 2.05) is 18.2 Å². The highest BCUT2D eigenvalue weighted by atomic mass is 127. The van der Waals surface area contributed by atoms with Crippen LogP contribution in [0.5, 0.6) is 11.5 Å². The Hall–Kier alpha value is -1.22. The Morgan fingerprint density at radius 1 is 1.31 bits per heavy atom. The largest absolute Gasteiger partial charge is 0.493 e. The Kier molecular flexibility index (Phi) is 8.95. The molecule has 1 aromatic carbocycles. The van der Waals surface area contributed by atoms with Crippen LogP contribution in [0.25, 0.3) is 0 Å². The average Bonchev–Trinajstić information content (AvgIpc) is 2.60. The Bertz CT molecular complexity index is 607. The van der Waals surface area contributed by atoms with Crippen LogP contribution >= 0.6 is 24.0 Å². The second-order valence-corrected chi connectivity index (χ2v) is 7.40. The summed E-state index contributed by atoms with van der Waals surface area (Å²) in [5.41, 5.74) is 6.90. The van der Waals surface area contributed by atoms with Crippen LogP contribution in [0, 0.1) is 5.92 Å². The molecule has 3 N–H and O–H groups in total. The van der Waals surface area contributed by atoms with E-state index in [1.165, 1.54) is 12.8 Å². The third kappa shape index (κ3) is 6.19. The van der Waals surface area contributed by atoms with Crippen molar-refractivity contribution in [2.45, 2.75) is 39.2 Å². The fraction of sp³-hybridized carbons (Fsp3) is 0.632. The zero-order chi connectivity index (χ0) is 18.4. The molecule has 0 bridgehead atoms. The van der Waals surface area contributed by atoms with Crippen LogP contribution in [-0.2, 0) is 0 Å². The first-order valence-electron chi connectivity index (χ1n) is 8.89. The summed E-state index contributed by atoms with van der Waals surface area (Å²) in [6.07, 6.45) is 2.58. The molecule has 148 valence electrons. The molecule has 2 rings (SSSR count). The van der Waals surface area contributed by atoms with Crippen molar-refractivity contribution in [1.29, 1.82) is 0 Å². The summed E-state index contributed by atoms with van der Waals surface area (Å²) in [7, 11) is 3.23. The molecule has 1 aromatic rings. The van der Waals surface area contributed by atoms with Gasteiger partial charge in [0.05, 0.1) is 20.8 Å². The molecule has 0 aromatic heterocycles. The van der Waals surface area contributed by atoms with Gasteiger partial charge < -0.3 is 20.5 Å². The molecular weight excluding hydrogens is 443 g/mol. The van der Waals surface area contributed by atoms with Gasteiger partial charge >= 0.3 is 0 Å². The van der Waals surface area contributed by atoms with Crippen LogP contribution in [0.15, 0.2) is 23.2 Å². The molecule has 0 radical (unpaired) electrons. The van der Waals surface area contributed by atoms with Crippen molar-refractivity contribution in [2.75, 3.05) is 39.2 Å². The van der Waals surface area contributed by atoms with Crippen LogP contribution in [0.3, 0.4) is 0 Å². The smallest absolute Gasteiger partial charge is 0.193 e. The standard InChI is InChI=1S/C19H32N4O2.HI/c1-14-7-6-10-23(12-14)19(2,3)13-21-18(20)22-15-8-9-16(24-4)17(11-15)25-5;/h8-9,11,14H,6-7,10,12-13H2,1-5H3,(H3,20,21,22);1H. The topological polar surface area (TPSA) is 72.1 Å². The third-order valence-corrected chi connectivity index (χ3v) is 4.81. The van der Waals surface area contributed by atoms with Gasteiger partial charge in [0.1, 0.15) is 0 Å². The summed E-state index contributed by atoms with van der Waals surface area (Å²) in [5, 5.41) is 3.13. The highest BCUT2D eigenvalue weighted by Gasteiger charge is 2.29. The molecule has 1 aliphatic heterocycles. The van der Waals surface area contributed by atoms with Gasteiger partial charge in [-0.25, -0.2) is 0 Å². The fourth-order valence-corrected chi connectivity index (χ4v) is 3.22. The second kappa shape index (κ2) is 10.2. The predicted molar refractivity (Wildman–Crippen MR) is 119 cm³/mol. The van der Waals surface area contributed by atoms with E-state index in [2.05, 4.69) is 36.0 Å². The molecule has 0 amide bonds. The second-order valence-electron chi connectivity index (χ2n) is 7.40. The van der Waals surface area contributed by atoms with Gasteiger partial charge in [0, 0.05) is 23.8 Å². The number of ether oxygens (including phenoxy) is 2. The van der Waals surface area contributed by atoms with Gasteiger partial charge in [-0.3, -0.25) is 9.89 Å². The number of hydrogen-bond donors (Lipinski definition) is 2. The number of methoxy groups -OCH3 is 2. The minimum atomic E-state index is -0.00141. The first-order chi connectivity index (χ1) is 11.9. The van der Waals surface area contributed by atoms with Gasteiger partial charge in [-0.15, -0.1) is 24.0 Å². The summed E-state index contributed by atoms with van der Waals surface area (Å²) in [4.78, 5) is 7.08. The average molecular weight is 476 g/mol. The van der Waals surface area contributed by atoms with Crippen molar-refractivity contribution < 1.29 is 9.47 Å². The van der Waals surface area contributed by atoms with Crippen LogP contribution in [0.1, 0.15) is 33.6 Å². The normalized spacial score (nSPS) is 18.8. The molecule has 1 aliphatic rings. The number of nitrogens with two attached hydrogens (primary N) is 1. The van der Waals surface area contributed by atoms with E-state index in [9.17, 15) is 0 Å². The van der Waals surface area contributed by atoms with Crippen LogP contribution < -0.4 is 20.5 Å². The van der Waals surface area contributed by atoms with Crippen molar-refractivity contribution in [2.24, 2.45) is 16.6 Å². The number of halogens is 1. The van der Waals surface area contributed by atoms with Crippen molar-refractivity contribution in [1.82, 2.24) is 4.90 Å². The van der Waals surface area contributed by atoms with E-state index in [1.54, 1.807) is 14.2 Å². The SMILES string of the molecule is COc1ccc(NC(N)=NCC(C)(C)N2CCCC(C)C2)cc1OC.I. The fourth-order valence-electron chi connectivity index (χ4n) is 3.22. The van der Waals surface area contributed by atoms with Gasteiger partial charge in [0.15, 0.2) is 17.5 Å². The maximum Gasteiger partial charge on any atom is 0.193 e. The van der Waals surface area contributed by atoms with E-state index in [4.69, 9.17) is 15.2 Å². The van der Waals surface area contributed by atoms with Crippen molar-refractivity contribution >= 4 is 35.6 Å². The predicted octanol–water partition coefficient (Wildman–Crippen LogP) is 3.56. The van der Waals surface area contributed by atoms with Gasteiger partial charge in [0.25, 0.3) is 0 Å². The molecule has 26 heavy (non-hydrogen) atoms. The molecule has 0 aliphatic carbocycles. The van der Waals surface area contributed by atoms with E-state index in [0.717, 1.165) is 24.7 Å². The number of guanidine groups is 1. The number of hydrogen-bond acceptors (Lipinski definition) is 4. The number of piperidine rings is 1. The molecule has 6 nitrogen and oxygen atoms in total. The molecule has 1 atom stereocenters. The van der Waals surface area contributed by atoms with Gasteiger partial charge in [-0.1, -0.05) is 6.92 Å². The molecule has 0 saturated carbocycles. The molecule has 1 heterocycles. The zero-order valence-electron chi connectivity index (χ0n) is 16.5. The van der Waals surface area contributed by atoms with Crippen molar-refractivity contribution in [3.63, 3.8) is 0 Å². The van der Waals surface area contributed by atoms with Gasteiger partial charge in [0.2, 0.25) is 0 Å². The minimum Gasteiger partial charge on any atom is -0.493 e. The Balaban J connectivity index is 0.00000338. The highest BCUT2D eigenvalue weighted by Crippen LogP contribution is 2.29. The number of benzene rings is 1. The number of nitrogens with one attached hydrogen (secondary N) is 1. The van der Waals surface area contributed by atoms with Crippen molar-refractivity contribution in [3.8, 4) is 11.5 Å². The lowest BCUT2D eigenvalue weighted by molar-refractivity contribution is 0.0775. The maximum absolute atomic E-state index is 6.08. The maximum atomic E-state index is 6.08. The summed E-state index contributed by atoms with van der Waals surface area (Å²) >= 11 is 0. The van der Waals surface area contributed by atoms with E-state index < -0.39 is 0 Å². The molecule has 1 unspecified atom stereocenters. The first-order valence-corrected chi connectivity index (χ1v) is 8.89. The number of nitrogens with zero attached hydrogens (tertiary/aromatic N) is 2. The molecule has 0 spiro atoms. The first kappa shape index (κ1) is 22.8. The Labute approximate surface area is 174 Å².